The monoisotopic (exact) mass is 412 g/mol. The third-order valence-corrected chi connectivity index (χ3v) is 3.34. The molecular formula is C17H15F3N4O5. The number of rotatable bonds is 5. The fourth-order valence-electron chi connectivity index (χ4n) is 2.11. The molecule has 0 aliphatic rings. The van der Waals surface area contributed by atoms with E-state index in [1.807, 2.05) is 0 Å². The molecule has 0 bridgehead atoms. The zero-order chi connectivity index (χ0) is 21.6. The van der Waals surface area contributed by atoms with Crippen LogP contribution in [0.3, 0.4) is 0 Å². The van der Waals surface area contributed by atoms with Crippen molar-refractivity contribution in [2.45, 2.75) is 13.1 Å². The van der Waals surface area contributed by atoms with Crippen LogP contribution in [0.1, 0.15) is 16.2 Å². The van der Waals surface area contributed by atoms with Gasteiger partial charge >= 0.3 is 18.2 Å². The summed E-state index contributed by atoms with van der Waals surface area (Å²) in [6.45, 7) is -1.04. The predicted octanol–water partition coefficient (Wildman–Crippen LogP) is 1.09. The van der Waals surface area contributed by atoms with Gasteiger partial charge in [-0.2, -0.15) is 18.3 Å². The molecule has 29 heavy (non-hydrogen) atoms. The number of alkyl halides is 3. The Kier molecular flexibility index (Phi) is 6.70. The number of carbonyl (C=O) groups is 3. The van der Waals surface area contributed by atoms with Crippen molar-refractivity contribution in [3.05, 3.63) is 58.0 Å². The van der Waals surface area contributed by atoms with Crippen LogP contribution in [-0.2, 0) is 9.53 Å². The van der Waals surface area contributed by atoms with Gasteiger partial charge in [-0.15, -0.1) is 0 Å². The highest BCUT2D eigenvalue weighted by Gasteiger charge is 2.28. The van der Waals surface area contributed by atoms with E-state index in [4.69, 9.17) is 0 Å². The molecule has 1 aromatic carbocycles. The zero-order valence-electron chi connectivity index (χ0n) is 14.9. The van der Waals surface area contributed by atoms with Gasteiger partial charge in [-0.05, 0) is 19.1 Å². The molecule has 0 saturated carbocycles. The molecule has 1 heterocycles. The second-order valence-corrected chi connectivity index (χ2v) is 5.67. The van der Waals surface area contributed by atoms with Gasteiger partial charge in [0.25, 0.3) is 5.91 Å². The average Bonchev–Trinajstić information content (AvgIpc) is 2.65. The maximum atomic E-state index is 12.1. The van der Waals surface area contributed by atoms with Crippen molar-refractivity contribution in [2.24, 2.45) is 0 Å². The number of amides is 3. The van der Waals surface area contributed by atoms with Crippen LogP contribution in [0, 0.1) is 6.92 Å². The van der Waals surface area contributed by atoms with Gasteiger partial charge < -0.3 is 10.1 Å². The van der Waals surface area contributed by atoms with Gasteiger partial charge in [-0.25, -0.2) is 14.3 Å². The number of para-hydroxylation sites is 1. The average molecular weight is 412 g/mol. The van der Waals surface area contributed by atoms with Crippen molar-refractivity contribution in [1.82, 2.24) is 20.4 Å². The van der Waals surface area contributed by atoms with E-state index in [0.717, 1.165) is 6.07 Å². The van der Waals surface area contributed by atoms with Crippen LogP contribution in [0.15, 0.2) is 41.2 Å². The molecule has 0 aliphatic heterocycles. The van der Waals surface area contributed by atoms with Crippen LogP contribution in [0.4, 0.5) is 18.0 Å². The minimum absolute atomic E-state index is 0.442. The van der Waals surface area contributed by atoms with Crippen LogP contribution < -0.4 is 16.1 Å². The smallest absolute Gasteiger partial charge is 0.405 e. The fourth-order valence-corrected chi connectivity index (χ4v) is 2.11. The van der Waals surface area contributed by atoms with E-state index >= 15 is 0 Å². The summed E-state index contributed by atoms with van der Waals surface area (Å²) in [7, 11) is 0. The summed E-state index contributed by atoms with van der Waals surface area (Å²) < 4.78 is 41.9. The third kappa shape index (κ3) is 6.45. The van der Waals surface area contributed by atoms with Crippen LogP contribution in [0.5, 0.6) is 0 Å². The van der Waals surface area contributed by atoms with E-state index in [0.29, 0.717) is 11.4 Å². The lowest BCUT2D eigenvalue weighted by Gasteiger charge is -2.11. The third-order valence-electron chi connectivity index (χ3n) is 3.34. The predicted molar refractivity (Wildman–Crippen MR) is 92.4 cm³/mol. The van der Waals surface area contributed by atoms with Crippen LogP contribution in [0.2, 0.25) is 0 Å². The largest absolute Gasteiger partial charge is 0.451 e. The molecule has 1 aromatic heterocycles. The second-order valence-electron chi connectivity index (χ2n) is 5.67. The quantitative estimate of drug-likeness (QED) is 0.710. The Labute approximate surface area is 161 Å². The number of halogens is 3. The Hall–Kier alpha value is -3.70. The van der Waals surface area contributed by atoms with E-state index in [1.165, 1.54) is 10.00 Å². The highest BCUT2D eigenvalue weighted by atomic mass is 19.4. The Morgan fingerprint density at radius 3 is 2.45 bits per heavy atom. The van der Waals surface area contributed by atoms with Crippen molar-refractivity contribution in [1.29, 1.82) is 0 Å². The number of hydrogen-bond donors (Lipinski definition) is 2. The first-order valence-electron chi connectivity index (χ1n) is 8.05. The summed E-state index contributed by atoms with van der Waals surface area (Å²) >= 11 is 0. The number of ether oxygens (including phenoxy) is 1. The number of aromatic nitrogens is 2. The van der Waals surface area contributed by atoms with E-state index in [1.54, 1.807) is 42.6 Å². The Balaban J connectivity index is 2.01. The topological polar surface area (TPSA) is 119 Å². The molecule has 2 N–H and O–H groups in total. The first kappa shape index (κ1) is 21.6. The molecule has 0 saturated heterocycles. The van der Waals surface area contributed by atoms with Gasteiger partial charge in [-0.3, -0.25) is 14.9 Å². The summed E-state index contributed by atoms with van der Waals surface area (Å²) in [4.78, 5) is 46.8. The van der Waals surface area contributed by atoms with Gasteiger partial charge in [0.15, 0.2) is 6.61 Å². The highest BCUT2D eigenvalue weighted by Crippen LogP contribution is 2.12. The maximum absolute atomic E-state index is 12.1. The number of hydrogen-bond acceptors (Lipinski definition) is 6. The molecule has 3 amide bonds. The van der Waals surface area contributed by atoms with Gasteiger partial charge in [0.1, 0.15) is 6.54 Å². The van der Waals surface area contributed by atoms with Gasteiger partial charge in [0.2, 0.25) is 11.1 Å². The molecule has 2 rings (SSSR count). The van der Waals surface area contributed by atoms with Gasteiger partial charge in [0.05, 0.1) is 5.69 Å². The molecule has 0 fully saturated rings. The standard InChI is InChI=1S/C17H15F3N4O5/c1-10-7-12(25)14(23-24(10)11-5-3-2-4-6-11)15(27)29-8-13(26)22-16(28)21-9-17(18,19)20/h2-7H,8-9H2,1H3,(H2,21,22,26,28). The maximum Gasteiger partial charge on any atom is 0.405 e. The number of nitrogens with one attached hydrogen (secondary N) is 2. The van der Waals surface area contributed by atoms with Crippen molar-refractivity contribution in [3.8, 4) is 5.69 Å². The summed E-state index contributed by atoms with van der Waals surface area (Å²) in [5, 5.41) is 6.89. The molecule has 12 heteroatoms. The van der Waals surface area contributed by atoms with Crippen molar-refractivity contribution >= 4 is 17.9 Å². The number of imide groups is 1. The number of nitrogens with zero attached hydrogens (tertiary/aromatic N) is 2. The summed E-state index contributed by atoms with van der Waals surface area (Å²) in [6, 6.07) is 8.32. The molecule has 154 valence electrons. The van der Waals surface area contributed by atoms with E-state index in [-0.39, 0.29) is 0 Å². The lowest BCUT2D eigenvalue weighted by Crippen LogP contribution is -2.44. The first-order valence-corrected chi connectivity index (χ1v) is 8.05. The molecule has 9 nitrogen and oxygen atoms in total. The fraction of sp³-hybridized carbons (Fsp3) is 0.235. The molecule has 0 unspecified atom stereocenters. The number of benzene rings is 1. The Morgan fingerprint density at radius 1 is 1.17 bits per heavy atom. The van der Waals surface area contributed by atoms with Gasteiger partial charge in [0, 0.05) is 11.8 Å². The van der Waals surface area contributed by atoms with Crippen LogP contribution in [-0.4, -0.2) is 47.0 Å². The first-order chi connectivity index (χ1) is 13.6. The lowest BCUT2D eigenvalue weighted by atomic mass is 10.3. The normalized spacial score (nSPS) is 10.9. The zero-order valence-corrected chi connectivity index (χ0v) is 14.9. The summed E-state index contributed by atoms with van der Waals surface area (Å²) in [6.07, 6.45) is -4.65. The minimum Gasteiger partial charge on any atom is -0.451 e. The van der Waals surface area contributed by atoms with Crippen molar-refractivity contribution in [3.63, 3.8) is 0 Å². The Morgan fingerprint density at radius 2 is 1.83 bits per heavy atom. The molecule has 0 atom stereocenters. The number of urea groups is 1. The number of esters is 1. The van der Waals surface area contributed by atoms with Gasteiger partial charge in [-0.1, -0.05) is 18.2 Å². The lowest BCUT2D eigenvalue weighted by molar-refractivity contribution is -0.125. The summed E-state index contributed by atoms with van der Waals surface area (Å²) in [5.74, 6) is -2.42. The number of aryl methyl sites for hydroxylation is 1. The Bertz CT molecular complexity index is 973. The second kappa shape index (κ2) is 8.99. The SMILES string of the molecule is Cc1cc(=O)c(C(=O)OCC(=O)NC(=O)NCC(F)(F)F)nn1-c1ccccc1. The molecular weight excluding hydrogens is 397 g/mol. The van der Waals surface area contributed by atoms with Crippen molar-refractivity contribution in [2.75, 3.05) is 13.2 Å². The van der Waals surface area contributed by atoms with Crippen LogP contribution >= 0.6 is 0 Å². The number of carbonyl (C=O) groups excluding carboxylic acids is 3. The van der Waals surface area contributed by atoms with E-state index in [2.05, 4.69) is 9.84 Å². The van der Waals surface area contributed by atoms with Crippen molar-refractivity contribution < 1.29 is 32.3 Å². The molecule has 2 aromatic rings. The van der Waals surface area contributed by atoms with E-state index < -0.39 is 48.4 Å². The molecule has 0 radical (unpaired) electrons. The minimum atomic E-state index is -4.65. The van der Waals surface area contributed by atoms with Crippen LogP contribution in [0.25, 0.3) is 5.69 Å². The van der Waals surface area contributed by atoms with E-state index in [9.17, 15) is 32.3 Å². The summed E-state index contributed by atoms with van der Waals surface area (Å²) in [5.41, 5.74) is -0.341. The molecule has 0 aliphatic carbocycles. The highest BCUT2D eigenvalue weighted by molar-refractivity contribution is 5.96. The molecule has 0 spiro atoms.